The van der Waals surface area contributed by atoms with E-state index in [1.54, 1.807) is 6.20 Å². The van der Waals surface area contributed by atoms with Crippen LogP contribution in [0.5, 0.6) is 0 Å². The molecule has 2 heterocycles. The number of nitrogens with one attached hydrogen (secondary N) is 1. The van der Waals surface area contributed by atoms with E-state index in [2.05, 4.69) is 26.3 Å². The minimum absolute atomic E-state index is 0.665. The highest BCUT2D eigenvalue weighted by atomic mass is 79.9. The first-order valence-corrected chi connectivity index (χ1v) is 8.23. The summed E-state index contributed by atoms with van der Waals surface area (Å²) in [4.78, 5) is 9.33. The smallest absolute Gasteiger partial charge is 0.163 e. The number of amidine groups is 2. The number of nitrogens with two attached hydrogens (primary N) is 1. The van der Waals surface area contributed by atoms with Crippen molar-refractivity contribution in [2.24, 2.45) is 15.8 Å². The van der Waals surface area contributed by atoms with Gasteiger partial charge in [0.1, 0.15) is 5.84 Å². The number of nitrogens with zero attached hydrogens (tertiary/aromatic N) is 4. The van der Waals surface area contributed by atoms with E-state index in [1.165, 1.54) is 0 Å². The average Bonchev–Trinajstić information content (AvgIpc) is 2.62. The number of hydrogen-bond donors (Lipinski definition) is 2. The third-order valence-corrected chi connectivity index (χ3v) is 4.37. The van der Waals surface area contributed by atoms with Crippen molar-refractivity contribution in [2.45, 2.75) is 6.92 Å². The normalized spacial score (nSPS) is 15.9. The Morgan fingerprint density at radius 1 is 1.08 bits per heavy atom. The highest BCUT2D eigenvalue weighted by Gasteiger charge is 2.33. The number of hydrazine groups is 2. The lowest BCUT2D eigenvalue weighted by molar-refractivity contribution is 0.545. The van der Waals surface area contributed by atoms with Gasteiger partial charge in [-0.1, -0.05) is 34.1 Å². The van der Waals surface area contributed by atoms with E-state index >= 15 is 0 Å². The Bertz CT molecular complexity index is 887. The van der Waals surface area contributed by atoms with Crippen LogP contribution >= 0.6 is 15.9 Å². The molecule has 4 rings (SSSR count). The van der Waals surface area contributed by atoms with Gasteiger partial charge < -0.3 is 5.43 Å². The molecule has 2 aromatic carbocycles. The van der Waals surface area contributed by atoms with Crippen LogP contribution in [0.4, 0.5) is 11.4 Å². The number of para-hydroxylation sites is 1. The first kappa shape index (κ1) is 14.9. The molecule has 2 aliphatic heterocycles. The second-order valence-electron chi connectivity index (χ2n) is 5.39. The highest BCUT2D eigenvalue weighted by Crippen LogP contribution is 2.34. The van der Waals surface area contributed by atoms with Gasteiger partial charge in [0.2, 0.25) is 0 Å². The lowest BCUT2D eigenvalue weighted by Crippen LogP contribution is -2.55. The fourth-order valence-electron chi connectivity index (χ4n) is 2.84. The molecule has 0 saturated heterocycles. The summed E-state index contributed by atoms with van der Waals surface area (Å²) in [6.07, 6.45) is 1.72. The monoisotopic (exact) mass is 382 g/mol. The largest absolute Gasteiger partial charge is 0.307 e. The second-order valence-corrected chi connectivity index (χ2v) is 6.31. The molecule has 3 N–H and O–H groups in total. The van der Waals surface area contributed by atoms with Crippen LogP contribution in [0.3, 0.4) is 0 Å². The SMILES string of the molecule is CC1=Nc2ccc(Br)cc2C2=NC=C(NN)N(c3ccccc3)N12. The van der Waals surface area contributed by atoms with Gasteiger partial charge in [0.05, 0.1) is 17.6 Å². The van der Waals surface area contributed by atoms with Gasteiger partial charge in [-0.05, 0) is 37.3 Å². The molecule has 2 aliphatic rings. The Morgan fingerprint density at radius 2 is 1.88 bits per heavy atom. The van der Waals surface area contributed by atoms with Crippen molar-refractivity contribution in [1.82, 2.24) is 10.4 Å². The summed E-state index contributed by atoms with van der Waals surface area (Å²) in [5, 5.41) is 3.92. The molecule has 0 atom stereocenters. The Hall–Kier alpha value is -2.64. The summed E-state index contributed by atoms with van der Waals surface area (Å²) < 4.78 is 0.983. The van der Waals surface area contributed by atoms with Crippen molar-refractivity contribution in [3.05, 3.63) is 70.6 Å². The predicted octanol–water partition coefficient (Wildman–Crippen LogP) is 3.26. The first-order valence-electron chi connectivity index (χ1n) is 7.44. The van der Waals surface area contributed by atoms with Crippen LogP contribution in [0, 0.1) is 0 Å². The number of halogens is 1. The van der Waals surface area contributed by atoms with E-state index in [1.807, 2.05) is 65.5 Å². The molecular weight excluding hydrogens is 368 g/mol. The summed E-state index contributed by atoms with van der Waals surface area (Å²) in [6, 6.07) is 15.9. The molecule has 0 radical (unpaired) electrons. The zero-order valence-corrected chi connectivity index (χ0v) is 14.5. The lowest BCUT2D eigenvalue weighted by Gasteiger charge is -2.42. The van der Waals surface area contributed by atoms with Gasteiger partial charge in [0.25, 0.3) is 0 Å². The number of fused-ring (bicyclic) bond motifs is 3. The van der Waals surface area contributed by atoms with Crippen molar-refractivity contribution in [1.29, 1.82) is 0 Å². The van der Waals surface area contributed by atoms with E-state index in [9.17, 15) is 0 Å². The number of aliphatic imine (C=N–C) groups is 2. The van der Waals surface area contributed by atoms with E-state index < -0.39 is 0 Å². The lowest BCUT2D eigenvalue weighted by atomic mass is 10.1. The topological polar surface area (TPSA) is 69.2 Å². The average molecular weight is 383 g/mol. The van der Waals surface area contributed by atoms with Crippen molar-refractivity contribution in [3.8, 4) is 0 Å². The van der Waals surface area contributed by atoms with Crippen molar-refractivity contribution >= 4 is 39.0 Å². The molecule has 0 saturated carbocycles. The number of hydrogen-bond acceptors (Lipinski definition) is 6. The van der Waals surface area contributed by atoms with Gasteiger partial charge >= 0.3 is 0 Å². The maximum atomic E-state index is 5.71. The van der Waals surface area contributed by atoms with Crippen LogP contribution in [0.1, 0.15) is 12.5 Å². The summed E-state index contributed by atoms with van der Waals surface area (Å²) in [5.41, 5.74) is 5.54. The van der Waals surface area contributed by atoms with Crippen LogP contribution in [-0.4, -0.2) is 16.7 Å². The van der Waals surface area contributed by atoms with Crippen LogP contribution in [0.15, 0.2) is 75.0 Å². The third-order valence-electron chi connectivity index (χ3n) is 3.87. The molecule has 0 unspecified atom stereocenters. The highest BCUT2D eigenvalue weighted by molar-refractivity contribution is 9.10. The Labute approximate surface area is 148 Å². The maximum Gasteiger partial charge on any atom is 0.163 e. The standard InChI is InChI=1S/C17H15BrN6/c1-11-21-15-8-7-12(18)9-14(15)17-20-10-16(22-19)24(23(11)17)13-5-3-2-4-6-13/h2-10,22H,19H2,1H3. The van der Waals surface area contributed by atoms with Gasteiger partial charge in [0.15, 0.2) is 11.7 Å². The van der Waals surface area contributed by atoms with E-state index in [4.69, 9.17) is 10.8 Å². The number of anilines is 1. The third kappa shape index (κ3) is 2.29. The number of rotatable bonds is 2. The predicted molar refractivity (Wildman–Crippen MR) is 99.6 cm³/mol. The molecule has 6 nitrogen and oxygen atoms in total. The van der Waals surface area contributed by atoms with E-state index in [-0.39, 0.29) is 0 Å². The van der Waals surface area contributed by atoms with Gasteiger partial charge in [0, 0.05) is 10.0 Å². The molecule has 0 spiro atoms. The van der Waals surface area contributed by atoms with Crippen LogP contribution in [0.2, 0.25) is 0 Å². The molecule has 0 aliphatic carbocycles. The second kappa shape index (κ2) is 5.77. The molecule has 0 bridgehead atoms. The first-order chi connectivity index (χ1) is 11.7. The maximum absolute atomic E-state index is 5.71. The minimum atomic E-state index is 0.665. The fourth-order valence-corrected chi connectivity index (χ4v) is 3.21. The molecule has 0 amide bonds. The van der Waals surface area contributed by atoms with Crippen LogP contribution < -0.4 is 16.3 Å². The zero-order valence-electron chi connectivity index (χ0n) is 12.9. The molecule has 0 aromatic heterocycles. The molecule has 24 heavy (non-hydrogen) atoms. The minimum Gasteiger partial charge on any atom is -0.307 e. The fraction of sp³-hybridized carbons (Fsp3) is 0.0588. The molecule has 2 aromatic rings. The summed E-state index contributed by atoms with van der Waals surface area (Å²) >= 11 is 3.52. The molecule has 7 heteroatoms. The van der Waals surface area contributed by atoms with E-state index in [0.29, 0.717) is 5.82 Å². The van der Waals surface area contributed by atoms with Crippen molar-refractivity contribution in [3.63, 3.8) is 0 Å². The Morgan fingerprint density at radius 3 is 2.62 bits per heavy atom. The summed E-state index contributed by atoms with van der Waals surface area (Å²) in [5.74, 6) is 8.00. The quantitative estimate of drug-likeness (QED) is 0.617. The molecule has 120 valence electrons. The summed E-state index contributed by atoms with van der Waals surface area (Å²) in [6.45, 7) is 1.95. The van der Waals surface area contributed by atoms with Crippen molar-refractivity contribution in [2.75, 3.05) is 5.01 Å². The van der Waals surface area contributed by atoms with Crippen molar-refractivity contribution < 1.29 is 0 Å². The van der Waals surface area contributed by atoms with Crippen LogP contribution in [0.25, 0.3) is 0 Å². The van der Waals surface area contributed by atoms with Gasteiger partial charge in [-0.2, -0.15) is 0 Å². The Balaban J connectivity index is 1.92. The van der Waals surface area contributed by atoms with E-state index in [0.717, 1.165) is 33.1 Å². The zero-order chi connectivity index (χ0) is 16.7. The molecule has 0 fully saturated rings. The van der Waals surface area contributed by atoms with Gasteiger partial charge in [-0.15, -0.1) is 0 Å². The van der Waals surface area contributed by atoms with Gasteiger partial charge in [-0.3, -0.25) is 0 Å². The molecular formula is C17H15BrN6. The van der Waals surface area contributed by atoms with Crippen LogP contribution in [-0.2, 0) is 0 Å². The number of benzene rings is 2. The van der Waals surface area contributed by atoms with Gasteiger partial charge in [-0.25, -0.2) is 25.8 Å². The summed E-state index contributed by atoms with van der Waals surface area (Å²) in [7, 11) is 0. The Kier molecular flexibility index (Phi) is 3.59.